The molecule has 1 atom stereocenters. The van der Waals surface area contributed by atoms with Crippen LogP contribution in [0.4, 0.5) is 11.5 Å². The third-order valence-corrected chi connectivity index (χ3v) is 5.62. The smallest absolute Gasteiger partial charge is 0.245 e. The van der Waals surface area contributed by atoms with Crippen LogP contribution in [0.5, 0.6) is 0 Å². The second-order valence-corrected chi connectivity index (χ2v) is 8.07. The third-order valence-electron chi connectivity index (χ3n) is 5.62. The molecule has 0 unspecified atom stereocenters. The van der Waals surface area contributed by atoms with Crippen LogP contribution in [-0.2, 0) is 9.59 Å². The molecule has 31 heavy (non-hydrogen) atoms. The second-order valence-electron chi connectivity index (χ2n) is 8.07. The van der Waals surface area contributed by atoms with E-state index in [0.29, 0.717) is 35.2 Å². The molecule has 160 valence electrons. The van der Waals surface area contributed by atoms with Crippen LogP contribution in [0.15, 0.2) is 24.7 Å². The molecule has 9 heteroatoms. The normalized spacial score (nSPS) is 16.2. The molecular formula is C22H25N7O2. The van der Waals surface area contributed by atoms with Crippen molar-refractivity contribution in [3.05, 3.63) is 30.4 Å². The van der Waals surface area contributed by atoms with Crippen LogP contribution in [0.25, 0.3) is 11.3 Å². The molecule has 2 fully saturated rings. The number of rotatable bonds is 8. The molecule has 2 heterocycles. The molecule has 0 bridgehead atoms. The first kappa shape index (κ1) is 20.7. The fourth-order valence-corrected chi connectivity index (χ4v) is 3.33. The number of likely N-dealkylation sites (N-methyl/N-ethyl adjacent to an activating group) is 1. The van der Waals surface area contributed by atoms with Gasteiger partial charge in [0.2, 0.25) is 11.8 Å². The maximum absolute atomic E-state index is 12.8. The Morgan fingerprint density at radius 3 is 2.55 bits per heavy atom. The van der Waals surface area contributed by atoms with Crippen LogP contribution in [0.3, 0.4) is 0 Å². The molecule has 2 aliphatic rings. The molecule has 0 radical (unpaired) electrons. The van der Waals surface area contributed by atoms with Gasteiger partial charge in [-0.25, -0.2) is 9.97 Å². The summed E-state index contributed by atoms with van der Waals surface area (Å²) in [5.41, 5.74) is 1.91. The zero-order valence-electron chi connectivity index (χ0n) is 17.6. The van der Waals surface area contributed by atoms with Crippen LogP contribution < -0.4 is 10.6 Å². The summed E-state index contributed by atoms with van der Waals surface area (Å²) in [6, 6.07) is 3.70. The van der Waals surface area contributed by atoms with E-state index in [4.69, 9.17) is 0 Å². The molecule has 2 amide bonds. The first-order valence-corrected chi connectivity index (χ1v) is 10.6. The zero-order valence-corrected chi connectivity index (χ0v) is 17.6. The van der Waals surface area contributed by atoms with Gasteiger partial charge in [-0.1, -0.05) is 6.92 Å². The lowest BCUT2D eigenvalue weighted by Gasteiger charge is -2.24. The average Bonchev–Trinajstić information content (AvgIpc) is 3.69. The van der Waals surface area contributed by atoms with E-state index in [2.05, 4.69) is 31.7 Å². The van der Waals surface area contributed by atoms with E-state index in [0.717, 1.165) is 25.7 Å². The van der Waals surface area contributed by atoms with Crippen molar-refractivity contribution in [3.8, 4) is 17.3 Å². The lowest BCUT2D eigenvalue weighted by Crippen LogP contribution is -2.41. The highest BCUT2D eigenvalue weighted by Crippen LogP contribution is 2.30. The number of hydrogen-bond acceptors (Lipinski definition) is 7. The van der Waals surface area contributed by atoms with E-state index in [9.17, 15) is 14.9 Å². The lowest BCUT2D eigenvalue weighted by molar-refractivity contribution is -0.131. The number of carbonyl (C=O) groups is 2. The fraction of sp³-hybridized carbons (Fsp3) is 0.455. The van der Waals surface area contributed by atoms with Crippen molar-refractivity contribution in [2.75, 3.05) is 17.7 Å². The highest BCUT2D eigenvalue weighted by molar-refractivity contribution is 5.93. The molecule has 2 aromatic rings. The zero-order chi connectivity index (χ0) is 22.0. The summed E-state index contributed by atoms with van der Waals surface area (Å²) in [6.07, 6.45) is 9.10. The predicted octanol–water partition coefficient (Wildman–Crippen LogP) is 2.57. The molecule has 0 saturated heterocycles. The Bertz CT molecular complexity index is 1020. The van der Waals surface area contributed by atoms with Gasteiger partial charge in [0.15, 0.2) is 11.5 Å². The van der Waals surface area contributed by atoms with Gasteiger partial charge >= 0.3 is 0 Å². The van der Waals surface area contributed by atoms with Gasteiger partial charge in [-0.15, -0.1) is 0 Å². The van der Waals surface area contributed by atoms with Gasteiger partial charge in [0, 0.05) is 30.8 Å². The molecule has 2 saturated carbocycles. The second kappa shape index (κ2) is 8.68. The highest BCUT2D eigenvalue weighted by atomic mass is 16.2. The average molecular weight is 419 g/mol. The van der Waals surface area contributed by atoms with Crippen LogP contribution in [-0.4, -0.2) is 50.8 Å². The lowest BCUT2D eigenvalue weighted by atomic mass is 10.1. The van der Waals surface area contributed by atoms with Crippen molar-refractivity contribution < 1.29 is 9.59 Å². The predicted molar refractivity (Wildman–Crippen MR) is 115 cm³/mol. The molecule has 2 N–H and O–H groups in total. The topological polar surface area (TPSA) is 124 Å². The molecule has 0 aromatic carbocycles. The number of amides is 2. The summed E-state index contributed by atoms with van der Waals surface area (Å²) in [6.45, 7) is 1.93. The minimum atomic E-state index is -0.444. The number of carbonyl (C=O) groups excluding carboxylic acids is 2. The van der Waals surface area contributed by atoms with E-state index in [1.807, 2.05) is 14.0 Å². The summed E-state index contributed by atoms with van der Waals surface area (Å²) in [5.74, 6) is 0.473. The van der Waals surface area contributed by atoms with Gasteiger partial charge in [-0.2, -0.15) is 5.26 Å². The van der Waals surface area contributed by atoms with Gasteiger partial charge in [0.1, 0.15) is 12.1 Å². The van der Waals surface area contributed by atoms with Gasteiger partial charge in [-0.3, -0.25) is 14.6 Å². The quantitative estimate of drug-likeness (QED) is 0.674. The van der Waals surface area contributed by atoms with E-state index in [-0.39, 0.29) is 23.4 Å². The summed E-state index contributed by atoms with van der Waals surface area (Å²) < 4.78 is 0. The third kappa shape index (κ3) is 4.79. The van der Waals surface area contributed by atoms with Crippen molar-refractivity contribution in [1.29, 1.82) is 5.26 Å². The Kier molecular flexibility index (Phi) is 5.80. The molecular weight excluding hydrogens is 394 g/mol. The molecule has 4 rings (SSSR count). The first-order valence-electron chi connectivity index (χ1n) is 10.6. The maximum Gasteiger partial charge on any atom is 0.245 e. The molecule has 2 aliphatic carbocycles. The molecule has 2 aromatic heterocycles. The van der Waals surface area contributed by atoms with Gasteiger partial charge in [0.25, 0.3) is 0 Å². The first-order chi connectivity index (χ1) is 15.0. The number of hydrogen-bond donors (Lipinski definition) is 2. The number of nitriles is 1. The maximum atomic E-state index is 12.8. The Balaban J connectivity index is 1.52. The van der Waals surface area contributed by atoms with E-state index in [1.54, 1.807) is 23.4 Å². The van der Waals surface area contributed by atoms with E-state index < -0.39 is 6.04 Å². The minimum absolute atomic E-state index is 0.00911. The summed E-state index contributed by atoms with van der Waals surface area (Å²) >= 11 is 0. The number of pyridine rings is 1. The van der Waals surface area contributed by atoms with Gasteiger partial charge in [0.05, 0.1) is 23.8 Å². The monoisotopic (exact) mass is 419 g/mol. The fourth-order valence-electron chi connectivity index (χ4n) is 3.33. The summed E-state index contributed by atoms with van der Waals surface area (Å²) in [4.78, 5) is 39.3. The largest absolute Gasteiger partial charge is 0.371 e. The Hall–Kier alpha value is -3.54. The van der Waals surface area contributed by atoms with Crippen molar-refractivity contribution in [2.45, 2.75) is 51.1 Å². The standard InChI is InChI=1S/C22H25N7O2/c1-3-16(22(31)29(2)15-6-7-15)27-17-8-14(10-24-18(17)9-23)19-11-26-20(12-25-19)28-21(30)13-4-5-13/h8,10-13,15-16,27H,3-7H2,1-2H3,(H,26,28,30)/t16-/m0/s1. The molecule has 0 spiro atoms. The van der Waals surface area contributed by atoms with Crippen molar-refractivity contribution in [1.82, 2.24) is 19.9 Å². The van der Waals surface area contributed by atoms with Crippen molar-refractivity contribution in [2.24, 2.45) is 5.92 Å². The van der Waals surface area contributed by atoms with Crippen LogP contribution in [0.1, 0.15) is 44.7 Å². The summed E-state index contributed by atoms with van der Waals surface area (Å²) in [5, 5.41) is 15.4. The number of anilines is 2. The van der Waals surface area contributed by atoms with Crippen LogP contribution in [0.2, 0.25) is 0 Å². The van der Waals surface area contributed by atoms with Crippen LogP contribution in [0, 0.1) is 17.2 Å². The van der Waals surface area contributed by atoms with Crippen molar-refractivity contribution >= 4 is 23.3 Å². The Morgan fingerprint density at radius 1 is 1.19 bits per heavy atom. The van der Waals surface area contributed by atoms with Crippen molar-refractivity contribution in [3.63, 3.8) is 0 Å². The number of nitrogens with zero attached hydrogens (tertiary/aromatic N) is 5. The molecule has 9 nitrogen and oxygen atoms in total. The molecule has 0 aliphatic heterocycles. The minimum Gasteiger partial charge on any atom is -0.371 e. The van der Waals surface area contributed by atoms with Gasteiger partial charge in [-0.05, 0) is 38.2 Å². The number of nitrogens with one attached hydrogen (secondary N) is 2. The SMILES string of the molecule is CC[C@H](Nc1cc(-c2cnc(NC(=O)C3CC3)cn2)cnc1C#N)C(=O)N(C)C1CC1. The van der Waals surface area contributed by atoms with Gasteiger partial charge < -0.3 is 15.5 Å². The van der Waals surface area contributed by atoms with E-state index >= 15 is 0 Å². The Labute approximate surface area is 180 Å². The Morgan fingerprint density at radius 2 is 1.97 bits per heavy atom. The van der Waals surface area contributed by atoms with Crippen LogP contribution >= 0.6 is 0 Å². The highest BCUT2D eigenvalue weighted by Gasteiger charge is 2.33. The summed E-state index contributed by atoms with van der Waals surface area (Å²) in [7, 11) is 1.82. The number of aromatic nitrogens is 3. The van der Waals surface area contributed by atoms with E-state index in [1.165, 1.54) is 6.20 Å².